The van der Waals surface area contributed by atoms with Crippen LogP contribution in [0.5, 0.6) is 0 Å². The quantitative estimate of drug-likeness (QED) is 0.195. The molecule has 0 aliphatic carbocycles. The summed E-state index contributed by atoms with van der Waals surface area (Å²) in [6.07, 6.45) is 0.818. The first kappa shape index (κ1) is 37.4. The number of nitrogens with zero attached hydrogens (tertiary/aromatic N) is 1. The number of ether oxygens (including phenoxy) is 1. The number of rotatable bonds is 11. The Balaban J connectivity index is 1.67. The predicted molar refractivity (Wildman–Crippen MR) is 192 cm³/mol. The number of thiazole rings is 1. The first-order chi connectivity index (χ1) is 21.6. The van der Waals surface area contributed by atoms with Gasteiger partial charge in [0.1, 0.15) is 10.6 Å². The molecule has 0 saturated carbocycles. The molecule has 0 atom stereocenters. The highest BCUT2D eigenvalue weighted by molar-refractivity contribution is 7.92. The van der Waals surface area contributed by atoms with Gasteiger partial charge in [-0.3, -0.25) is 4.79 Å². The Morgan fingerprint density at radius 3 is 2.19 bits per heavy atom. The Bertz CT molecular complexity index is 1700. The van der Waals surface area contributed by atoms with Crippen LogP contribution in [0, 0.1) is 0 Å². The first-order valence-corrected chi connectivity index (χ1v) is 21.6. The van der Waals surface area contributed by atoms with Crippen LogP contribution >= 0.6 is 11.3 Å². The largest absolute Gasteiger partial charge is 0.411 e. The van der Waals surface area contributed by atoms with Crippen molar-refractivity contribution in [3.63, 3.8) is 0 Å². The molecule has 47 heavy (non-hydrogen) atoms. The number of aliphatic hydroxyl groups is 1. The molecule has 0 radical (unpaired) electrons. The SMILES string of the molecule is CC(C)c1cc(-c2ccc3c(c2)COCC3)cc(C(C)C)c1CC(=O)NS(=O)(=O)c1sc(C(C)(C)O)nc1CO[Si](C)(C)C(C)(C)C. The maximum atomic E-state index is 13.8. The second-order valence-electron chi connectivity index (χ2n) is 15.3. The van der Waals surface area contributed by atoms with Gasteiger partial charge in [-0.25, -0.2) is 18.1 Å². The lowest BCUT2D eigenvalue weighted by Crippen LogP contribution is -2.40. The van der Waals surface area contributed by atoms with Gasteiger partial charge in [-0.05, 0) is 95.2 Å². The first-order valence-electron chi connectivity index (χ1n) is 16.4. The average molecular weight is 701 g/mol. The van der Waals surface area contributed by atoms with Crippen molar-refractivity contribution in [3.8, 4) is 11.1 Å². The molecule has 3 aromatic rings. The van der Waals surface area contributed by atoms with Crippen LogP contribution in [0.15, 0.2) is 34.5 Å². The Labute approximate surface area is 286 Å². The smallest absolute Gasteiger partial charge is 0.275 e. The van der Waals surface area contributed by atoms with Crippen LogP contribution in [-0.4, -0.2) is 39.3 Å². The van der Waals surface area contributed by atoms with E-state index in [1.54, 1.807) is 13.8 Å². The van der Waals surface area contributed by atoms with Gasteiger partial charge in [-0.1, -0.05) is 72.7 Å². The molecule has 4 rings (SSSR count). The third kappa shape index (κ3) is 8.61. The van der Waals surface area contributed by atoms with Crippen molar-refractivity contribution >= 4 is 35.6 Å². The van der Waals surface area contributed by atoms with Crippen LogP contribution in [0.2, 0.25) is 18.1 Å². The van der Waals surface area contributed by atoms with E-state index in [-0.39, 0.29) is 44.8 Å². The predicted octanol–water partition coefficient (Wildman–Crippen LogP) is 7.93. The number of hydrogen-bond acceptors (Lipinski definition) is 8. The Morgan fingerprint density at radius 1 is 1.02 bits per heavy atom. The molecule has 0 unspecified atom stereocenters. The Kier molecular flexibility index (Phi) is 11.0. The van der Waals surface area contributed by atoms with Gasteiger partial charge >= 0.3 is 0 Å². The van der Waals surface area contributed by atoms with Crippen LogP contribution in [0.4, 0.5) is 0 Å². The van der Waals surface area contributed by atoms with E-state index < -0.39 is 29.8 Å². The van der Waals surface area contributed by atoms with Crippen molar-refractivity contribution in [2.45, 2.75) is 128 Å². The molecule has 258 valence electrons. The second kappa shape index (κ2) is 13.8. The summed E-state index contributed by atoms with van der Waals surface area (Å²) in [6, 6.07) is 10.8. The molecule has 1 aromatic heterocycles. The molecular formula is C36H52N2O6S2Si. The van der Waals surface area contributed by atoms with Gasteiger partial charge in [0.15, 0.2) is 12.5 Å². The van der Waals surface area contributed by atoms with Gasteiger partial charge in [0.2, 0.25) is 5.91 Å². The minimum absolute atomic E-state index is 0.0290. The topological polar surface area (TPSA) is 115 Å². The van der Waals surface area contributed by atoms with E-state index in [4.69, 9.17) is 9.16 Å². The van der Waals surface area contributed by atoms with Crippen molar-refractivity contribution in [2.75, 3.05) is 6.61 Å². The summed E-state index contributed by atoms with van der Waals surface area (Å²) in [5, 5.41) is 10.8. The number of fused-ring (bicyclic) bond motifs is 1. The van der Waals surface area contributed by atoms with Crippen molar-refractivity contribution < 1.29 is 27.5 Å². The third-order valence-corrected chi connectivity index (χ3v) is 17.1. The summed E-state index contributed by atoms with van der Waals surface area (Å²) >= 11 is 0.868. The highest BCUT2D eigenvalue weighted by Gasteiger charge is 2.39. The summed E-state index contributed by atoms with van der Waals surface area (Å²) in [7, 11) is -6.56. The number of carbonyl (C=O) groups excluding carboxylic acids is 1. The monoisotopic (exact) mass is 700 g/mol. The summed E-state index contributed by atoms with van der Waals surface area (Å²) in [6.45, 7) is 23.3. The van der Waals surface area contributed by atoms with E-state index in [1.807, 2.05) is 0 Å². The van der Waals surface area contributed by atoms with E-state index >= 15 is 0 Å². The molecule has 2 N–H and O–H groups in total. The van der Waals surface area contributed by atoms with Gasteiger partial charge < -0.3 is 14.3 Å². The molecule has 1 amide bonds. The van der Waals surface area contributed by atoms with Crippen LogP contribution in [0.25, 0.3) is 11.1 Å². The highest BCUT2D eigenvalue weighted by Crippen LogP contribution is 2.39. The van der Waals surface area contributed by atoms with E-state index in [2.05, 4.69) is 102 Å². The van der Waals surface area contributed by atoms with Crippen molar-refractivity contribution in [2.24, 2.45) is 0 Å². The highest BCUT2D eigenvalue weighted by atomic mass is 32.2. The van der Waals surface area contributed by atoms with Crippen molar-refractivity contribution in [1.82, 2.24) is 9.71 Å². The average Bonchev–Trinajstić information content (AvgIpc) is 3.41. The van der Waals surface area contributed by atoms with Crippen LogP contribution < -0.4 is 4.72 Å². The zero-order valence-corrected chi connectivity index (χ0v) is 32.5. The molecular weight excluding hydrogens is 649 g/mol. The molecule has 2 aromatic carbocycles. The van der Waals surface area contributed by atoms with Crippen LogP contribution in [0.1, 0.15) is 113 Å². The number of nitrogens with one attached hydrogen (secondary N) is 1. The fourth-order valence-electron chi connectivity index (χ4n) is 5.43. The number of benzene rings is 2. The van der Waals surface area contributed by atoms with E-state index in [0.717, 1.165) is 52.2 Å². The summed E-state index contributed by atoms with van der Waals surface area (Å²) in [5.74, 6) is -0.424. The normalized spacial score (nSPS) is 14.5. The van der Waals surface area contributed by atoms with Gasteiger partial charge in [0.25, 0.3) is 10.0 Å². The van der Waals surface area contributed by atoms with Gasteiger partial charge in [0, 0.05) is 0 Å². The lowest BCUT2D eigenvalue weighted by atomic mass is 9.83. The number of hydrogen-bond donors (Lipinski definition) is 2. The van der Waals surface area contributed by atoms with Crippen LogP contribution in [-0.2, 0) is 55.6 Å². The van der Waals surface area contributed by atoms with Gasteiger partial charge in [0.05, 0.1) is 31.9 Å². The van der Waals surface area contributed by atoms with Gasteiger partial charge in [-0.2, -0.15) is 0 Å². The summed E-state index contributed by atoms with van der Waals surface area (Å²) < 4.78 is 41.9. The van der Waals surface area contributed by atoms with Crippen molar-refractivity contribution in [3.05, 3.63) is 68.9 Å². The maximum Gasteiger partial charge on any atom is 0.275 e. The van der Waals surface area contributed by atoms with E-state index in [9.17, 15) is 18.3 Å². The zero-order chi connectivity index (χ0) is 35.1. The number of amides is 1. The fourth-order valence-corrected chi connectivity index (χ4v) is 8.84. The summed E-state index contributed by atoms with van der Waals surface area (Å²) in [4.78, 5) is 18.1. The molecule has 8 nitrogen and oxygen atoms in total. The molecule has 0 spiro atoms. The molecule has 0 bridgehead atoms. The summed E-state index contributed by atoms with van der Waals surface area (Å²) in [5.41, 5.74) is 6.38. The third-order valence-electron chi connectivity index (χ3n) is 9.27. The lowest BCUT2D eigenvalue weighted by Gasteiger charge is -2.36. The maximum absolute atomic E-state index is 13.8. The van der Waals surface area contributed by atoms with Crippen molar-refractivity contribution in [1.29, 1.82) is 0 Å². The molecule has 11 heteroatoms. The lowest BCUT2D eigenvalue weighted by molar-refractivity contribution is -0.118. The number of aromatic nitrogens is 1. The Morgan fingerprint density at radius 2 is 1.64 bits per heavy atom. The number of sulfonamides is 1. The second-order valence-corrected chi connectivity index (χ2v) is 23.0. The van der Waals surface area contributed by atoms with E-state index in [0.29, 0.717) is 6.61 Å². The standard InChI is InChI=1S/C36H52N2O6S2Si/c1-22(2)28-17-26(25-13-12-24-14-15-43-20-27(24)16-25)18-29(23(3)4)30(28)19-32(39)38-46(41,42)33-31(37-34(45-33)36(8,9)40)21-44-47(10,11)35(5,6)7/h12-13,16-18,22-23,40H,14-15,19-21H2,1-11H3,(H,38,39). The van der Waals surface area contributed by atoms with E-state index in [1.165, 1.54) is 11.1 Å². The minimum Gasteiger partial charge on any atom is -0.411 e. The molecule has 2 heterocycles. The molecule has 0 saturated heterocycles. The minimum atomic E-state index is -4.31. The van der Waals surface area contributed by atoms with Gasteiger partial charge in [-0.15, -0.1) is 11.3 Å². The molecule has 1 aliphatic rings. The molecule has 1 aliphatic heterocycles. The molecule has 0 fully saturated rings. The fraction of sp³-hybridized carbons (Fsp3) is 0.556. The van der Waals surface area contributed by atoms with Crippen LogP contribution in [0.3, 0.4) is 0 Å². The zero-order valence-electron chi connectivity index (χ0n) is 29.8. The number of carbonyl (C=O) groups is 1. The Hall–Kier alpha value is -2.41.